The Morgan fingerprint density at radius 1 is 1.20 bits per heavy atom. The molecule has 2 heterocycles. The molecule has 0 amide bonds. The van der Waals surface area contributed by atoms with Crippen LogP contribution in [0.15, 0.2) is 53.1 Å². The van der Waals surface area contributed by atoms with Crippen LogP contribution in [0.4, 0.5) is 23.1 Å². The highest BCUT2D eigenvalue weighted by atomic mass is 79.9. The molecule has 0 saturated carbocycles. The molecule has 0 fully saturated rings. The lowest BCUT2D eigenvalue weighted by molar-refractivity contribution is 0.730. The van der Waals surface area contributed by atoms with Gasteiger partial charge in [0.1, 0.15) is 0 Å². The SMILES string of the molecule is Cc1ccc(Nc2cnnc(N3c4ccccc4CC3C)n2)cc1Br. The summed E-state index contributed by atoms with van der Waals surface area (Å²) in [5, 5.41) is 11.7. The average Bonchev–Trinajstić information content (AvgIpc) is 2.94. The third kappa shape index (κ3) is 3.09. The lowest BCUT2D eigenvalue weighted by atomic mass is 10.1. The zero-order chi connectivity index (χ0) is 17.4. The minimum Gasteiger partial charge on any atom is -0.339 e. The molecule has 1 aliphatic heterocycles. The van der Waals surface area contributed by atoms with E-state index in [1.807, 2.05) is 18.2 Å². The van der Waals surface area contributed by atoms with E-state index in [4.69, 9.17) is 0 Å². The Labute approximate surface area is 155 Å². The Kier molecular flexibility index (Phi) is 4.13. The zero-order valence-electron chi connectivity index (χ0n) is 14.1. The Morgan fingerprint density at radius 3 is 2.88 bits per heavy atom. The van der Waals surface area contributed by atoms with Gasteiger partial charge in [0.2, 0.25) is 0 Å². The zero-order valence-corrected chi connectivity index (χ0v) is 15.7. The second-order valence-corrected chi connectivity index (χ2v) is 7.14. The summed E-state index contributed by atoms with van der Waals surface area (Å²) in [5.74, 6) is 1.30. The van der Waals surface area contributed by atoms with E-state index in [0.29, 0.717) is 17.8 Å². The summed E-state index contributed by atoms with van der Waals surface area (Å²) in [7, 11) is 0. The van der Waals surface area contributed by atoms with Gasteiger partial charge in [-0.05, 0) is 49.6 Å². The van der Waals surface area contributed by atoms with Crippen LogP contribution in [0.2, 0.25) is 0 Å². The second kappa shape index (κ2) is 6.44. The fourth-order valence-electron chi connectivity index (χ4n) is 3.15. The number of hydrogen-bond acceptors (Lipinski definition) is 5. The van der Waals surface area contributed by atoms with Crippen molar-refractivity contribution in [2.75, 3.05) is 10.2 Å². The molecule has 1 atom stereocenters. The lowest BCUT2D eigenvalue weighted by Crippen LogP contribution is -2.26. The van der Waals surface area contributed by atoms with Gasteiger partial charge in [0.15, 0.2) is 5.82 Å². The lowest BCUT2D eigenvalue weighted by Gasteiger charge is -2.22. The van der Waals surface area contributed by atoms with Gasteiger partial charge in [-0.2, -0.15) is 10.1 Å². The third-order valence-corrected chi connectivity index (χ3v) is 5.27. The molecule has 5 nitrogen and oxygen atoms in total. The van der Waals surface area contributed by atoms with Crippen LogP contribution in [-0.4, -0.2) is 21.2 Å². The number of benzene rings is 2. The van der Waals surface area contributed by atoms with Crippen molar-refractivity contribution in [3.8, 4) is 0 Å². The molecule has 126 valence electrons. The molecule has 0 bridgehead atoms. The van der Waals surface area contributed by atoms with Gasteiger partial charge in [0.25, 0.3) is 5.95 Å². The van der Waals surface area contributed by atoms with E-state index in [9.17, 15) is 0 Å². The number of nitrogens with one attached hydrogen (secondary N) is 1. The van der Waals surface area contributed by atoms with Gasteiger partial charge in [-0.1, -0.05) is 40.2 Å². The average molecular weight is 396 g/mol. The van der Waals surface area contributed by atoms with Crippen molar-refractivity contribution >= 4 is 39.1 Å². The van der Waals surface area contributed by atoms with Gasteiger partial charge < -0.3 is 10.2 Å². The Bertz CT molecular complexity index is 927. The van der Waals surface area contributed by atoms with E-state index in [1.165, 1.54) is 11.1 Å². The maximum Gasteiger partial charge on any atom is 0.252 e. The maximum absolute atomic E-state index is 4.68. The molecule has 0 radical (unpaired) electrons. The number of rotatable bonds is 3. The highest BCUT2D eigenvalue weighted by molar-refractivity contribution is 9.10. The first kappa shape index (κ1) is 16.0. The second-order valence-electron chi connectivity index (χ2n) is 6.28. The number of hydrogen-bond donors (Lipinski definition) is 1. The molecule has 2 aromatic carbocycles. The van der Waals surface area contributed by atoms with Crippen molar-refractivity contribution in [1.82, 2.24) is 15.2 Å². The highest BCUT2D eigenvalue weighted by Gasteiger charge is 2.29. The van der Waals surface area contributed by atoms with Crippen molar-refractivity contribution in [2.24, 2.45) is 0 Å². The summed E-state index contributed by atoms with van der Waals surface area (Å²) in [4.78, 5) is 6.83. The van der Waals surface area contributed by atoms with Gasteiger partial charge in [-0.25, -0.2) is 0 Å². The summed E-state index contributed by atoms with van der Waals surface area (Å²) in [5.41, 5.74) is 4.62. The van der Waals surface area contributed by atoms with Crippen LogP contribution in [0, 0.1) is 6.92 Å². The fourth-order valence-corrected chi connectivity index (χ4v) is 3.52. The number of halogens is 1. The molecule has 4 rings (SSSR count). The van der Waals surface area contributed by atoms with Crippen LogP contribution in [0.5, 0.6) is 0 Å². The first-order valence-corrected chi connectivity index (χ1v) is 9.01. The van der Waals surface area contributed by atoms with Crippen molar-refractivity contribution in [1.29, 1.82) is 0 Å². The molecular weight excluding hydrogens is 378 g/mol. The van der Waals surface area contributed by atoms with Crippen molar-refractivity contribution < 1.29 is 0 Å². The standard InChI is InChI=1S/C19H18BrN5/c1-12-7-8-15(10-16(12)20)22-18-11-21-24-19(23-18)25-13(2)9-14-5-3-4-6-17(14)25/h3-8,10-11,13H,9H2,1-2H3,(H,22,23,24). The van der Waals surface area contributed by atoms with E-state index in [-0.39, 0.29) is 0 Å². The normalized spacial score (nSPS) is 16.0. The van der Waals surface area contributed by atoms with Crippen LogP contribution in [-0.2, 0) is 6.42 Å². The number of anilines is 4. The number of fused-ring (bicyclic) bond motifs is 1. The van der Waals surface area contributed by atoms with Crippen molar-refractivity contribution in [3.63, 3.8) is 0 Å². The minimum atomic E-state index is 0.308. The van der Waals surface area contributed by atoms with Crippen molar-refractivity contribution in [3.05, 3.63) is 64.3 Å². The van der Waals surface area contributed by atoms with Crippen LogP contribution in [0.25, 0.3) is 0 Å². The van der Waals surface area contributed by atoms with Gasteiger partial charge in [-0.15, -0.1) is 5.10 Å². The van der Waals surface area contributed by atoms with E-state index >= 15 is 0 Å². The van der Waals surface area contributed by atoms with E-state index < -0.39 is 0 Å². The van der Waals surface area contributed by atoms with Crippen LogP contribution in [0.1, 0.15) is 18.1 Å². The fraction of sp³-hybridized carbons (Fsp3) is 0.211. The highest BCUT2D eigenvalue weighted by Crippen LogP contribution is 2.36. The Morgan fingerprint density at radius 2 is 2.04 bits per heavy atom. The number of aryl methyl sites for hydroxylation is 1. The number of para-hydroxylation sites is 1. The Balaban J connectivity index is 1.65. The number of nitrogens with zero attached hydrogens (tertiary/aromatic N) is 4. The third-order valence-electron chi connectivity index (χ3n) is 4.41. The molecule has 0 saturated heterocycles. The van der Waals surface area contributed by atoms with Crippen LogP contribution >= 0.6 is 15.9 Å². The van der Waals surface area contributed by atoms with Gasteiger partial charge >= 0.3 is 0 Å². The van der Waals surface area contributed by atoms with E-state index in [1.54, 1.807) is 6.20 Å². The summed E-state index contributed by atoms with van der Waals surface area (Å²) in [6.45, 7) is 4.24. The molecule has 1 N–H and O–H groups in total. The molecule has 0 aliphatic carbocycles. The molecule has 3 aromatic rings. The first-order chi connectivity index (χ1) is 12.1. The molecule has 0 spiro atoms. The monoisotopic (exact) mass is 395 g/mol. The molecule has 25 heavy (non-hydrogen) atoms. The van der Waals surface area contributed by atoms with E-state index in [2.05, 4.69) is 79.4 Å². The summed E-state index contributed by atoms with van der Waals surface area (Å²) < 4.78 is 1.06. The molecular formula is C19H18BrN5. The topological polar surface area (TPSA) is 53.9 Å². The first-order valence-electron chi connectivity index (χ1n) is 8.22. The van der Waals surface area contributed by atoms with Gasteiger partial charge in [0.05, 0.1) is 6.20 Å². The van der Waals surface area contributed by atoms with Crippen molar-refractivity contribution in [2.45, 2.75) is 26.3 Å². The predicted octanol–water partition coefficient (Wildman–Crippen LogP) is 4.77. The maximum atomic E-state index is 4.68. The van der Waals surface area contributed by atoms with Gasteiger partial charge in [0, 0.05) is 21.9 Å². The largest absolute Gasteiger partial charge is 0.339 e. The summed E-state index contributed by atoms with van der Waals surface area (Å²) in [6, 6.07) is 14.8. The molecule has 1 unspecified atom stereocenters. The molecule has 6 heteroatoms. The minimum absolute atomic E-state index is 0.308. The predicted molar refractivity (Wildman–Crippen MR) is 104 cm³/mol. The van der Waals surface area contributed by atoms with E-state index in [0.717, 1.165) is 22.3 Å². The molecule has 1 aromatic heterocycles. The smallest absolute Gasteiger partial charge is 0.252 e. The van der Waals surface area contributed by atoms with Crippen LogP contribution < -0.4 is 10.2 Å². The number of aromatic nitrogens is 3. The van der Waals surface area contributed by atoms with Crippen LogP contribution in [0.3, 0.4) is 0 Å². The summed E-state index contributed by atoms with van der Waals surface area (Å²) in [6.07, 6.45) is 2.63. The quantitative estimate of drug-likeness (QED) is 0.691. The Hall–Kier alpha value is -2.47. The van der Waals surface area contributed by atoms with Gasteiger partial charge in [-0.3, -0.25) is 0 Å². The molecule has 1 aliphatic rings. The summed E-state index contributed by atoms with van der Waals surface area (Å²) >= 11 is 3.56.